The van der Waals surface area contributed by atoms with E-state index in [1.54, 1.807) is 27.0 Å². The normalized spacial score (nSPS) is 15.4. The molecule has 0 saturated carbocycles. The van der Waals surface area contributed by atoms with E-state index in [4.69, 9.17) is 5.73 Å². The third-order valence-electron chi connectivity index (χ3n) is 5.75. The fourth-order valence-electron chi connectivity index (χ4n) is 4.02. The van der Waals surface area contributed by atoms with Gasteiger partial charge in [-0.2, -0.15) is 13.2 Å². The molecule has 2 aromatic heterocycles. The van der Waals surface area contributed by atoms with Gasteiger partial charge in [0.25, 0.3) is 5.56 Å². The van der Waals surface area contributed by atoms with Gasteiger partial charge in [0.05, 0.1) is 17.0 Å². The van der Waals surface area contributed by atoms with Crippen molar-refractivity contribution in [1.82, 2.24) is 19.9 Å². The van der Waals surface area contributed by atoms with Crippen molar-refractivity contribution >= 4 is 28.1 Å². The summed E-state index contributed by atoms with van der Waals surface area (Å²) < 4.78 is 41.3. The predicted octanol–water partition coefficient (Wildman–Crippen LogP) is 3.79. The molecule has 4 N–H and O–H groups in total. The van der Waals surface area contributed by atoms with Crippen LogP contribution in [0.5, 0.6) is 0 Å². The third kappa shape index (κ3) is 4.56. The van der Waals surface area contributed by atoms with E-state index in [0.717, 1.165) is 30.7 Å². The van der Waals surface area contributed by atoms with Crippen molar-refractivity contribution in [2.24, 2.45) is 7.05 Å². The van der Waals surface area contributed by atoms with Crippen molar-refractivity contribution in [3.63, 3.8) is 0 Å². The molecule has 7 nitrogen and oxygen atoms in total. The van der Waals surface area contributed by atoms with Crippen molar-refractivity contribution in [2.75, 3.05) is 24.1 Å². The summed E-state index contributed by atoms with van der Waals surface area (Å²) in [5.74, 6) is 0.872. The Morgan fingerprint density at radius 2 is 1.97 bits per heavy atom. The first kappa shape index (κ1) is 22.8. The van der Waals surface area contributed by atoms with Gasteiger partial charge < -0.3 is 16.4 Å². The molecule has 0 bridgehead atoms. The van der Waals surface area contributed by atoms with Crippen LogP contribution in [-0.4, -0.2) is 27.6 Å². The smallest absolute Gasteiger partial charge is 0.399 e. The zero-order chi connectivity index (χ0) is 23.9. The van der Waals surface area contributed by atoms with E-state index in [9.17, 15) is 18.0 Å². The van der Waals surface area contributed by atoms with Crippen LogP contribution in [0.2, 0.25) is 0 Å². The lowest BCUT2D eigenvalue weighted by molar-refractivity contribution is -0.137. The quantitative estimate of drug-likeness (QED) is 0.515. The van der Waals surface area contributed by atoms with Crippen molar-refractivity contribution in [1.29, 1.82) is 0 Å². The Hall–Kier alpha value is -3.40. The number of halogens is 3. The molecule has 1 aromatic carbocycles. The van der Waals surface area contributed by atoms with Crippen LogP contribution in [0, 0.1) is 6.92 Å². The van der Waals surface area contributed by atoms with E-state index < -0.39 is 17.8 Å². The molecule has 0 saturated heterocycles. The minimum Gasteiger partial charge on any atom is -0.399 e. The molecule has 1 aliphatic rings. The third-order valence-corrected chi connectivity index (χ3v) is 5.75. The van der Waals surface area contributed by atoms with Crippen molar-refractivity contribution < 1.29 is 13.2 Å². The Bertz CT molecular complexity index is 1310. The van der Waals surface area contributed by atoms with Gasteiger partial charge in [-0.15, -0.1) is 0 Å². The number of alkyl halides is 3. The van der Waals surface area contributed by atoms with Crippen LogP contribution < -0.4 is 21.9 Å². The van der Waals surface area contributed by atoms with Crippen LogP contribution >= 0.6 is 0 Å². The molecule has 0 spiro atoms. The lowest BCUT2D eigenvalue weighted by Crippen LogP contribution is -2.26. The van der Waals surface area contributed by atoms with E-state index in [1.165, 1.54) is 10.6 Å². The minimum absolute atomic E-state index is 0.0275. The monoisotopic (exact) mass is 458 g/mol. The number of nitrogens with one attached hydrogen (secondary N) is 2. The molecule has 10 heteroatoms. The number of hydrogen-bond acceptors (Lipinski definition) is 6. The molecule has 33 heavy (non-hydrogen) atoms. The molecule has 0 amide bonds. The van der Waals surface area contributed by atoms with Gasteiger partial charge in [-0.25, -0.2) is 9.97 Å². The molecule has 0 fully saturated rings. The molecule has 4 rings (SSSR count). The van der Waals surface area contributed by atoms with Gasteiger partial charge in [0.1, 0.15) is 17.3 Å². The largest absolute Gasteiger partial charge is 0.416 e. The predicted molar refractivity (Wildman–Crippen MR) is 123 cm³/mol. The molecule has 0 radical (unpaired) electrons. The summed E-state index contributed by atoms with van der Waals surface area (Å²) in [5, 5.41) is 7.04. The minimum atomic E-state index is -4.50. The van der Waals surface area contributed by atoms with Crippen molar-refractivity contribution in [3.05, 3.63) is 63.2 Å². The summed E-state index contributed by atoms with van der Waals surface area (Å²) in [6.45, 7) is 4.89. The van der Waals surface area contributed by atoms with Gasteiger partial charge in [0.15, 0.2) is 0 Å². The maximum Gasteiger partial charge on any atom is 0.416 e. The summed E-state index contributed by atoms with van der Waals surface area (Å²) >= 11 is 0. The molecule has 0 aliphatic carbocycles. The Labute approximate surface area is 188 Å². The number of nitrogen functional groups attached to an aromatic ring is 1. The number of benzene rings is 1. The molecule has 174 valence electrons. The molecule has 1 aliphatic heterocycles. The number of fused-ring (bicyclic) bond motifs is 1. The van der Waals surface area contributed by atoms with E-state index in [2.05, 4.69) is 20.6 Å². The fraction of sp³-hybridized carbons (Fsp3) is 0.348. The summed E-state index contributed by atoms with van der Waals surface area (Å²) in [6.07, 6.45) is -1.80. The van der Waals surface area contributed by atoms with Gasteiger partial charge in [-0.05, 0) is 62.2 Å². The van der Waals surface area contributed by atoms with Crippen LogP contribution in [-0.2, 0) is 13.2 Å². The second-order valence-electron chi connectivity index (χ2n) is 8.21. The number of anilines is 2. The van der Waals surface area contributed by atoms with Gasteiger partial charge in [-0.3, -0.25) is 9.36 Å². The lowest BCUT2D eigenvalue weighted by atomic mass is 10.00. The molecule has 3 heterocycles. The maximum absolute atomic E-state index is 13.3. The van der Waals surface area contributed by atoms with Gasteiger partial charge in [0, 0.05) is 24.8 Å². The zero-order valence-electron chi connectivity index (χ0n) is 18.5. The highest BCUT2D eigenvalue weighted by atomic mass is 19.4. The summed E-state index contributed by atoms with van der Waals surface area (Å²) in [6, 6.07) is 4.72. The Balaban J connectivity index is 1.81. The first-order chi connectivity index (χ1) is 15.5. The van der Waals surface area contributed by atoms with Gasteiger partial charge >= 0.3 is 6.18 Å². The topological polar surface area (TPSA) is 97.9 Å². The Morgan fingerprint density at radius 1 is 1.21 bits per heavy atom. The molecular weight excluding hydrogens is 433 g/mol. The molecule has 0 unspecified atom stereocenters. The second-order valence-corrected chi connectivity index (χ2v) is 8.21. The van der Waals surface area contributed by atoms with Crippen LogP contribution in [0.25, 0.3) is 16.6 Å². The highest BCUT2D eigenvalue weighted by Crippen LogP contribution is 2.34. The van der Waals surface area contributed by atoms with Crippen LogP contribution in [0.1, 0.15) is 41.9 Å². The number of rotatable bonds is 4. The SMILES string of the molecule is Cc1nc(N[C@H](C)c2cc(N)cc(C(F)(F)F)c2)c2cc(C3=CCNCC3)c(=O)n(C)c2n1. The molecule has 3 aromatic rings. The highest BCUT2D eigenvalue weighted by molar-refractivity contribution is 5.89. The number of hydrogen-bond donors (Lipinski definition) is 3. The number of pyridine rings is 1. The van der Waals surface area contributed by atoms with E-state index in [0.29, 0.717) is 40.3 Å². The molecule has 1 atom stereocenters. The average molecular weight is 458 g/mol. The van der Waals surface area contributed by atoms with Crippen LogP contribution in [0.3, 0.4) is 0 Å². The van der Waals surface area contributed by atoms with Crippen molar-refractivity contribution in [3.8, 4) is 0 Å². The number of nitrogens with two attached hydrogens (primary N) is 1. The van der Waals surface area contributed by atoms with Crippen LogP contribution in [0.4, 0.5) is 24.7 Å². The summed E-state index contributed by atoms with van der Waals surface area (Å²) in [7, 11) is 1.66. The number of aromatic nitrogens is 3. The highest BCUT2D eigenvalue weighted by Gasteiger charge is 2.31. The first-order valence-corrected chi connectivity index (χ1v) is 10.6. The fourth-order valence-corrected chi connectivity index (χ4v) is 4.02. The van der Waals surface area contributed by atoms with Crippen LogP contribution in [0.15, 0.2) is 35.1 Å². The summed E-state index contributed by atoms with van der Waals surface area (Å²) in [5.41, 5.74) is 7.14. The van der Waals surface area contributed by atoms with E-state index in [1.807, 2.05) is 6.08 Å². The van der Waals surface area contributed by atoms with E-state index >= 15 is 0 Å². The molecular formula is C23H25F3N6O. The first-order valence-electron chi connectivity index (χ1n) is 10.6. The average Bonchev–Trinajstić information content (AvgIpc) is 2.76. The number of nitrogens with zero attached hydrogens (tertiary/aromatic N) is 3. The van der Waals surface area contributed by atoms with Gasteiger partial charge in [0.2, 0.25) is 0 Å². The second kappa shape index (κ2) is 8.51. The zero-order valence-corrected chi connectivity index (χ0v) is 18.5. The van der Waals surface area contributed by atoms with Gasteiger partial charge in [-0.1, -0.05) is 6.08 Å². The Kier molecular flexibility index (Phi) is 5.87. The Morgan fingerprint density at radius 3 is 2.64 bits per heavy atom. The van der Waals surface area contributed by atoms with E-state index in [-0.39, 0.29) is 11.2 Å². The van der Waals surface area contributed by atoms with Crippen molar-refractivity contribution in [2.45, 2.75) is 32.5 Å². The lowest BCUT2D eigenvalue weighted by Gasteiger charge is -2.20. The summed E-state index contributed by atoms with van der Waals surface area (Å²) in [4.78, 5) is 21.9. The maximum atomic E-state index is 13.3. The standard InChI is InChI=1S/C23H25F3N6O/c1-12(15-8-16(23(24,25)26)10-17(27)9-15)29-20-19-11-18(14-4-6-28-7-5-14)22(33)32(3)21(19)31-13(2)30-20/h4,8-12,28H,5-7,27H2,1-3H3,(H,29,30,31)/t12-/m1/s1. The number of aryl methyl sites for hydroxylation is 2.